The molecule has 0 fully saturated rings. The highest BCUT2D eigenvalue weighted by Gasteiger charge is 2.31. The number of methoxy groups -OCH3 is 1. The summed E-state index contributed by atoms with van der Waals surface area (Å²) in [5, 5.41) is 2.88. The fourth-order valence-electron chi connectivity index (χ4n) is 2.87. The van der Waals surface area contributed by atoms with E-state index in [1.165, 1.54) is 0 Å². The van der Waals surface area contributed by atoms with Gasteiger partial charge in [0, 0.05) is 19.5 Å². The van der Waals surface area contributed by atoms with Crippen LogP contribution in [0.2, 0.25) is 0 Å². The number of benzene rings is 2. The smallest absolute Gasteiger partial charge is 0.267 e. The summed E-state index contributed by atoms with van der Waals surface area (Å²) in [6.07, 6.45) is -0.332. The van der Waals surface area contributed by atoms with Gasteiger partial charge in [-0.2, -0.15) is 0 Å². The summed E-state index contributed by atoms with van der Waals surface area (Å²) in [7, 11) is 1.61. The number of carbonyl (C=O) groups is 2. The van der Waals surface area contributed by atoms with Crippen molar-refractivity contribution in [3.8, 4) is 11.5 Å². The standard InChI is InChI=1S/C20H22N2O4/c1-14-20(24)22(17-8-3-4-9-18(17)26-14)11-10-19(23)21-13-15-6-5-7-16(12-15)25-2/h3-9,12,14H,10-11,13H2,1-2H3,(H,21,23)/t14-/m0/s1. The second-order valence-electron chi connectivity index (χ2n) is 6.10. The molecule has 6 nitrogen and oxygen atoms in total. The zero-order valence-corrected chi connectivity index (χ0v) is 14.9. The Morgan fingerprint density at radius 3 is 2.85 bits per heavy atom. The van der Waals surface area contributed by atoms with Crippen LogP contribution in [0.25, 0.3) is 0 Å². The van der Waals surface area contributed by atoms with Crippen LogP contribution in [0.4, 0.5) is 5.69 Å². The van der Waals surface area contributed by atoms with E-state index in [0.717, 1.165) is 11.3 Å². The molecule has 0 radical (unpaired) electrons. The summed E-state index contributed by atoms with van der Waals surface area (Å²) >= 11 is 0. The molecule has 2 aromatic rings. The molecule has 1 heterocycles. The number of nitrogens with one attached hydrogen (secondary N) is 1. The molecule has 0 spiro atoms. The van der Waals surface area contributed by atoms with Gasteiger partial charge in [0.25, 0.3) is 5.91 Å². The van der Waals surface area contributed by atoms with E-state index in [2.05, 4.69) is 5.32 Å². The molecule has 1 aliphatic heterocycles. The number of para-hydroxylation sites is 2. The van der Waals surface area contributed by atoms with Gasteiger partial charge in [0.05, 0.1) is 12.8 Å². The topological polar surface area (TPSA) is 67.9 Å². The van der Waals surface area contributed by atoms with E-state index >= 15 is 0 Å². The lowest BCUT2D eigenvalue weighted by Gasteiger charge is -2.32. The van der Waals surface area contributed by atoms with Crippen LogP contribution in [0.5, 0.6) is 11.5 Å². The Morgan fingerprint density at radius 2 is 2.04 bits per heavy atom. The van der Waals surface area contributed by atoms with Gasteiger partial charge in [-0.15, -0.1) is 0 Å². The highest BCUT2D eigenvalue weighted by molar-refractivity contribution is 6.00. The van der Waals surface area contributed by atoms with Crippen molar-refractivity contribution in [1.29, 1.82) is 0 Å². The predicted molar refractivity (Wildman–Crippen MR) is 98.3 cm³/mol. The van der Waals surface area contributed by atoms with E-state index in [0.29, 0.717) is 24.5 Å². The molecule has 0 bridgehead atoms. The largest absolute Gasteiger partial charge is 0.497 e. The number of amides is 2. The number of hydrogen-bond donors (Lipinski definition) is 1. The van der Waals surface area contributed by atoms with Crippen LogP contribution in [-0.4, -0.2) is 31.6 Å². The Bertz CT molecular complexity index is 806. The number of hydrogen-bond acceptors (Lipinski definition) is 4. The van der Waals surface area contributed by atoms with Crippen LogP contribution in [0, 0.1) is 0 Å². The third kappa shape index (κ3) is 3.96. The molecule has 1 N–H and O–H groups in total. The molecule has 2 aromatic carbocycles. The molecule has 1 atom stereocenters. The van der Waals surface area contributed by atoms with Crippen LogP contribution in [0.3, 0.4) is 0 Å². The van der Waals surface area contributed by atoms with Crippen LogP contribution >= 0.6 is 0 Å². The van der Waals surface area contributed by atoms with Crippen molar-refractivity contribution in [2.75, 3.05) is 18.6 Å². The number of ether oxygens (including phenoxy) is 2. The molecule has 26 heavy (non-hydrogen) atoms. The van der Waals surface area contributed by atoms with Crippen molar-refractivity contribution < 1.29 is 19.1 Å². The van der Waals surface area contributed by atoms with E-state index in [1.54, 1.807) is 18.9 Å². The summed E-state index contributed by atoms with van der Waals surface area (Å²) in [5.74, 6) is 1.17. The summed E-state index contributed by atoms with van der Waals surface area (Å²) in [6.45, 7) is 2.45. The normalized spacial score (nSPS) is 15.8. The average Bonchev–Trinajstić information content (AvgIpc) is 2.67. The first-order valence-electron chi connectivity index (χ1n) is 8.55. The van der Waals surface area contributed by atoms with Crippen molar-refractivity contribution in [3.05, 3.63) is 54.1 Å². The highest BCUT2D eigenvalue weighted by atomic mass is 16.5. The number of rotatable bonds is 6. The SMILES string of the molecule is COc1cccc(CNC(=O)CCN2C(=O)[C@H](C)Oc3ccccc32)c1. The van der Waals surface area contributed by atoms with E-state index in [1.807, 2.05) is 48.5 Å². The molecule has 0 unspecified atom stereocenters. The van der Waals surface area contributed by atoms with Crippen molar-refractivity contribution >= 4 is 17.5 Å². The van der Waals surface area contributed by atoms with Crippen LogP contribution < -0.4 is 19.7 Å². The Morgan fingerprint density at radius 1 is 1.23 bits per heavy atom. The van der Waals surface area contributed by atoms with Gasteiger partial charge in [0.2, 0.25) is 5.91 Å². The Balaban J connectivity index is 1.58. The third-order valence-electron chi connectivity index (χ3n) is 4.26. The predicted octanol–water partition coefficient (Wildman–Crippen LogP) is 2.52. The first kappa shape index (κ1) is 17.8. The van der Waals surface area contributed by atoms with Gasteiger partial charge in [-0.3, -0.25) is 9.59 Å². The van der Waals surface area contributed by atoms with Gasteiger partial charge in [-0.1, -0.05) is 24.3 Å². The Hall–Kier alpha value is -3.02. The first-order chi connectivity index (χ1) is 12.6. The minimum absolute atomic E-state index is 0.114. The second-order valence-corrected chi connectivity index (χ2v) is 6.10. The molecule has 1 aliphatic rings. The second kappa shape index (κ2) is 7.91. The van der Waals surface area contributed by atoms with Crippen LogP contribution in [0.15, 0.2) is 48.5 Å². The lowest BCUT2D eigenvalue weighted by atomic mass is 10.1. The lowest BCUT2D eigenvalue weighted by Crippen LogP contribution is -2.45. The fraction of sp³-hybridized carbons (Fsp3) is 0.300. The molecule has 136 valence electrons. The third-order valence-corrected chi connectivity index (χ3v) is 4.26. The molecular formula is C20H22N2O4. The van der Waals surface area contributed by atoms with E-state index < -0.39 is 6.10 Å². The summed E-state index contributed by atoms with van der Waals surface area (Å²) in [5.41, 5.74) is 1.66. The molecule has 6 heteroatoms. The number of fused-ring (bicyclic) bond motifs is 1. The van der Waals surface area contributed by atoms with Gasteiger partial charge >= 0.3 is 0 Å². The molecule has 0 saturated heterocycles. The number of nitrogens with zero attached hydrogens (tertiary/aromatic N) is 1. The Labute approximate surface area is 152 Å². The maximum Gasteiger partial charge on any atom is 0.267 e. The monoisotopic (exact) mass is 354 g/mol. The summed E-state index contributed by atoms with van der Waals surface area (Å²) in [4.78, 5) is 26.2. The van der Waals surface area contributed by atoms with Gasteiger partial charge in [-0.25, -0.2) is 0 Å². The fourth-order valence-corrected chi connectivity index (χ4v) is 2.87. The lowest BCUT2D eigenvalue weighted by molar-refractivity contribution is -0.125. The first-order valence-corrected chi connectivity index (χ1v) is 8.55. The van der Waals surface area contributed by atoms with Crippen LogP contribution in [-0.2, 0) is 16.1 Å². The number of carbonyl (C=O) groups excluding carboxylic acids is 2. The number of anilines is 1. The van der Waals surface area contributed by atoms with Crippen molar-refractivity contribution in [2.24, 2.45) is 0 Å². The average molecular weight is 354 g/mol. The van der Waals surface area contributed by atoms with E-state index in [9.17, 15) is 9.59 Å². The zero-order chi connectivity index (χ0) is 18.5. The molecule has 0 saturated carbocycles. The minimum Gasteiger partial charge on any atom is -0.497 e. The quantitative estimate of drug-likeness (QED) is 0.866. The maximum atomic E-state index is 12.4. The molecule has 3 rings (SSSR count). The molecule has 2 amide bonds. The maximum absolute atomic E-state index is 12.4. The highest BCUT2D eigenvalue weighted by Crippen LogP contribution is 2.33. The summed E-state index contributed by atoms with van der Waals surface area (Å²) in [6, 6.07) is 14.9. The van der Waals surface area contributed by atoms with Crippen LogP contribution in [0.1, 0.15) is 18.9 Å². The van der Waals surface area contributed by atoms with Gasteiger partial charge in [-0.05, 0) is 36.8 Å². The van der Waals surface area contributed by atoms with E-state index in [4.69, 9.17) is 9.47 Å². The van der Waals surface area contributed by atoms with Gasteiger partial charge in [0.15, 0.2) is 6.10 Å². The zero-order valence-electron chi connectivity index (χ0n) is 14.9. The minimum atomic E-state index is -0.551. The van der Waals surface area contributed by atoms with Crippen molar-refractivity contribution in [3.63, 3.8) is 0 Å². The van der Waals surface area contributed by atoms with Crippen molar-refractivity contribution in [2.45, 2.75) is 26.0 Å². The van der Waals surface area contributed by atoms with Gasteiger partial charge < -0.3 is 19.7 Å². The molecular weight excluding hydrogens is 332 g/mol. The van der Waals surface area contributed by atoms with Crippen molar-refractivity contribution in [1.82, 2.24) is 5.32 Å². The Kier molecular flexibility index (Phi) is 5.41. The molecule has 0 aromatic heterocycles. The van der Waals surface area contributed by atoms with E-state index in [-0.39, 0.29) is 18.2 Å². The van der Waals surface area contributed by atoms with Gasteiger partial charge in [0.1, 0.15) is 11.5 Å². The summed E-state index contributed by atoms with van der Waals surface area (Å²) < 4.78 is 10.8. The molecule has 0 aliphatic carbocycles.